The average molecular weight is 416 g/mol. The van der Waals surface area contributed by atoms with Gasteiger partial charge in [0.1, 0.15) is 0 Å². The number of carbonyl (C=O) groups is 1. The smallest absolute Gasteiger partial charge is 0.224 e. The van der Waals surface area contributed by atoms with Gasteiger partial charge in [0, 0.05) is 43.2 Å². The fraction of sp³-hybridized carbons (Fsp3) is 0.500. The molecule has 29 heavy (non-hydrogen) atoms. The lowest BCUT2D eigenvalue weighted by Crippen LogP contribution is -2.38. The highest BCUT2D eigenvalue weighted by molar-refractivity contribution is 7.09. The number of carbonyl (C=O) groups excluding carboxylic acids is 1. The fourth-order valence-corrected chi connectivity index (χ4v) is 4.55. The largest absolute Gasteiger partial charge is 0.378 e. The first-order valence-corrected chi connectivity index (χ1v) is 11.3. The molecule has 2 aliphatic heterocycles. The number of nitrogens with one attached hydrogen (secondary N) is 1. The van der Waals surface area contributed by atoms with E-state index < -0.39 is 0 Å². The predicted molar refractivity (Wildman–Crippen MR) is 118 cm³/mol. The van der Waals surface area contributed by atoms with E-state index in [1.54, 1.807) is 11.3 Å². The molecule has 0 saturated carbocycles. The Labute approximate surface area is 176 Å². The van der Waals surface area contributed by atoms with Crippen LogP contribution in [0.25, 0.3) is 0 Å². The van der Waals surface area contributed by atoms with Gasteiger partial charge in [-0.05, 0) is 42.5 Å². The van der Waals surface area contributed by atoms with E-state index in [4.69, 9.17) is 9.47 Å². The van der Waals surface area contributed by atoms with Crippen LogP contribution < -0.4 is 15.1 Å². The van der Waals surface area contributed by atoms with Crippen molar-refractivity contribution in [3.05, 3.63) is 40.6 Å². The molecule has 1 amide bonds. The van der Waals surface area contributed by atoms with Crippen LogP contribution in [0, 0.1) is 0 Å². The van der Waals surface area contributed by atoms with Gasteiger partial charge in [0.15, 0.2) is 0 Å². The van der Waals surface area contributed by atoms with E-state index in [9.17, 15) is 4.79 Å². The summed E-state index contributed by atoms with van der Waals surface area (Å²) in [6, 6.07) is 10.6. The third kappa shape index (κ3) is 5.50. The summed E-state index contributed by atoms with van der Waals surface area (Å²) in [7, 11) is 0. The highest BCUT2D eigenvalue weighted by Crippen LogP contribution is 2.32. The van der Waals surface area contributed by atoms with Crippen LogP contribution in [0.15, 0.2) is 35.7 Å². The molecule has 7 heteroatoms. The minimum absolute atomic E-state index is 0.0789. The molecule has 156 valence electrons. The summed E-state index contributed by atoms with van der Waals surface area (Å²) in [6.45, 7) is 6.44. The maximum Gasteiger partial charge on any atom is 0.224 e. The summed E-state index contributed by atoms with van der Waals surface area (Å²) in [5.74, 6) is 0.0789. The van der Waals surface area contributed by atoms with E-state index in [1.807, 2.05) is 6.07 Å². The first-order valence-electron chi connectivity index (χ1n) is 10.4. The van der Waals surface area contributed by atoms with Crippen LogP contribution in [-0.2, 0) is 20.7 Å². The van der Waals surface area contributed by atoms with Crippen molar-refractivity contribution in [2.75, 3.05) is 67.7 Å². The minimum atomic E-state index is 0.0789. The molecular weight excluding hydrogens is 386 g/mol. The minimum Gasteiger partial charge on any atom is -0.378 e. The Morgan fingerprint density at radius 1 is 1.00 bits per heavy atom. The van der Waals surface area contributed by atoms with Crippen LogP contribution in [0.5, 0.6) is 0 Å². The van der Waals surface area contributed by atoms with Crippen LogP contribution in [0.3, 0.4) is 0 Å². The number of benzene rings is 1. The second-order valence-electron chi connectivity index (χ2n) is 7.38. The van der Waals surface area contributed by atoms with Gasteiger partial charge in [0.25, 0.3) is 0 Å². The van der Waals surface area contributed by atoms with Gasteiger partial charge in [-0.1, -0.05) is 6.07 Å². The predicted octanol–water partition coefficient (Wildman–Crippen LogP) is 3.38. The normalized spacial score (nSPS) is 17.4. The second-order valence-corrected chi connectivity index (χ2v) is 8.41. The summed E-state index contributed by atoms with van der Waals surface area (Å²) >= 11 is 1.75. The lowest BCUT2D eigenvalue weighted by Gasteiger charge is -2.33. The number of nitrogens with zero attached hydrogens (tertiary/aromatic N) is 2. The van der Waals surface area contributed by atoms with Crippen LogP contribution in [0.4, 0.5) is 17.1 Å². The number of aryl methyl sites for hydroxylation is 1. The molecule has 0 bridgehead atoms. The molecule has 0 aliphatic carbocycles. The summed E-state index contributed by atoms with van der Waals surface area (Å²) in [5.41, 5.74) is 3.17. The fourth-order valence-electron chi connectivity index (χ4n) is 3.80. The van der Waals surface area contributed by atoms with Gasteiger partial charge in [-0.15, -0.1) is 11.3 Å². The summed E-state index contributed by atoms with van der Waals surface area (Å²) in [4.78, 5) is 18.6. The molecule has 0 spiro atoms. The van der Waals surface area contributed by atoms with Crippen molar-refractivity contribution in [2.45, 2.75) is 19.3 Å². The number of anilines is 3. The molecule has 0 unspecified atom stereocenters. The number of rotatable bonds is 7. The highest BCUT2D eigenvalue weighted by atomic mass is 32.1. The Kier molecular flexibility index (Phi) is 7.03. The molecular formula is C22H29N3O3S. The van der Waals surface area contributed by atoms with E-state index in [2.05, 4.69) is 44.8 Å². The molecule has 6 nitrogen and oxygen atoms in total. The van der Waals surface area contributed by atoms with Crippen LogP contribution in [0.1, 0.15) is 17.7 Å². The number of amides is 1. The first kappa shape index (κ1) is 20.2. The highest BCUT2D eigenvalue weighted by Gasteiger charge is 2.19. The van der Waals surface area contributed by atoms with Gasteiger partial charge in [-0.25, -0.2) is 0 Å². The lowest BCUT2D eigenvalue weighted by molar-refractivity contribution is -0.116. The van der Waals surface area contributed by atoms with Crippen LogP contribution >= 0.6 is 11.3 Å². The van der Waals surface area contributed by atoms with E-state index >= 15 is 0 Å². The zero-order chi connectivity index (χ0) is 19.9. The van der Waals surface area contributed by atoms with Crippen LogP contribution in [-0.4, -0.2) is 58.5 Å². The van der Waals surface area contributed by atoms with Gasteiger partial charge >= 0.3 is 0 Å². The SMILES string of the molecule is O=C(CCCc1cccs1)Nc1ccc(N2CCOCC2)cc1N1CCOCC1. The van der Waals surface area contributed by atoms with Gasteiger partial charge in [0.2, 0.25) is 5.91 Å². The number of ether oxygens (including phenoxy) is 2. The van der Waals surface area contributed by atoms with Gasteiger partial charge < -0.3 is 24.6 Å². The number of thiophene rings is 1. The monoisotopic (exact) mass is 415 g/mol. The Hall–Kier alpha value is -2.09. The Morgan fingerprint density at radius 2 is 1.72 bits per heavy atom. The van der Waals surface area contributed by atoms with E-state index in [0.29, 0.717) is 6.42 Å². The van der Waals surface area contributed by atoms with Crippen molar-refractivity contribution in [3.8, 4) is 0 Å². The summed E-state index contributed by atoms with van der Waals surface area (Å²) in [6.07, 6.45) is 2.36. The molecule has 3 heterocycles. The summed E-state index contributed by atoms with van der Waals surface area (Å²) < 4.78 is 11.0. The van der Waals surface area contributed by atoms with E-state index in [-0.39, 0.29) is 5.91 Å². The standard InChI is InChI=1S/C22H29N3O3S/c26-22(5-1-3-19-4-2-16-29-19)23-20-7-6-18(24-8-12-27-13-9-24)17-21(20)25-10-14-28-15-11-25/h2,4,6-7,16-17H,1,3,5,8-15H2,(H,23,26). The molecule has 4 rings (SSSR count). The number of hydrogen-bond acceptors (Lipinski definition) is 6. The second kappa shape index (κ2) is 10.1. The Balaban J connectivity index is 1.44. The summed E-state index contributed by atoms with van der Waals surface area (Å²) in [5, 5.41) is 5.24. The molecule has 0 atom stereocenters. The van der Waals surface area contributed by atoms with Crippen molar-refractivity contribution in [1.29, 1.82) is 0 Å². The molecule has 1 aromatic heterocycles. The Morgan fingerprint density at radius 3 is 2.41 bits per heavy atom. The third-order valence-electron chi connectivity index (χ3n) is 5.39. The molecule has 2 saturated heterocycles. The molecule has 1 aromatic carbocycles. The van der Waals surface area contributed by atoms with Gasteiger partial charge in [-0.3, -0.25) is 4.79 Å². The topological polar surface area (TPSA) is 54.0 Å². The average Bonchev–Trinajstić information content (AvgIpc) is 3.29. The molecule has 1 N–H and O–H groups in total. The lowest BCUT2D eigenvalue weighted by atomic mass is 10.1. The maximum atomic E-state index is 12.6. The quantitative estimate of drug-likeness (QED) is 0.751. The van der Waals surface area contributed by atoms with Crippen molar-refractivity contribution in [3.63, 3.8) is 0 Å². The zero-order valence-electron chi connectivity index (χ0n) is 16.8. The zero-order valence-corrected chi connectivity index (χ0v) is 17.6. The van der Waals surface area contributed by atoms with Crippen molar-refractivity contribution in [1.82, 2.24) is 0 Å². The van der Waals surface area contributed by atoms with E-state index in [1.165, 1.54) is 10.6 Å². The van der Waals surface area contributed by atoms with Gasteiger partial charge in [-0.2, -0.15) is 0 Å². The number of hydrogen-bond donors (Lipinski definition) is 1. The molecule has 0 radical (unpaired) electrons. The van der Waals surface area contributed by atoms with Crippen molar-refractivity contribution < 1.29 is 14.3 Å². The molecule has 2 aliphatic rings. The van der Waals surface area contributed by atoms with Gasteiger partial charge in [0.05, 0.1) is 37.8 Å². The third-order valence-corrected chi connectivity index (χ3v) is 6.33. The number of morpholine rings is 2. The molecule has 2 aromatic rings. The van der Waals surface area contributed by atoms with Crippen molar-refractivity contribution in [2.24, 2.45) is 0 Å². The van der Waals surface area contributed by atoms with Crippen LogP contribution in [0.2, 0.25) is 0 Å². The van der Waals surface area contributed by atoms with Crippen molar-refractivity contribution >= 4 is 34.3 Å². The first-order chi connectivity index (χ1) is 14.3. The molecule has 2 fully saturated rings. The maximum absolute atomic E-state index is 12.6. The van der Waals surface area contributed by atoms with E-state index in [0.717, 1.165) is 76.8 Å². The Bertz CT molecular complexity index is 785.